The minimum absolute atomic E-state index is 0.207. The molecule has 0 aliphatic carbocycles. The standard InChI is InChI=1S/C16H17N3O3/c1-10-8-19(6-7-21-10)9-13-17-14-11-4-2-3-5-12(11)22-15(14)16(20)18-13/h2-5,10H,6-9H2,1H3,(H,17,18,20)/t10-/m0/s1. The molecule has 6 heteroatoms. The van der Waals surface area contributed by atoms with E-state index in [9.17, 15) is 4.79 Å². The fourth-order valence-corrected chi connectivity index (χ4v) is 2.97. The zero-order chi connectivity index (χ0) is 15.1. The summed E-state index contributed by atoms with van der Waals surface area (Å²) < 4.78 is 11.1. The number of furan rings is 1. The second-order valence-corrected chi connectivity index (χ2v) is 5.71. The first-order valence-corrected chi connectivity index (χ1v) is 7.45. The predicted molar refractivity (Wildman–Crippen MR) is 82.8 cm³/mol. The zero-order valence-corrected chi connectivity index (χ0v) is 12.3. The van der Waals surface area contributed by atoms with Crippen LogP contribution in [0.4, 0.5) is 0 Å². The highest BCUT2D eigenvalue weighted by Crippen LogP contribution is 2.24. The van der Waals surface area contributed by atoms with Gasteiger partial charge in [0.15, 0.2) is 0 Å². The van der Waals surface area contributed by atoms with Gasteiger partial charge >= 0.3 is 0 Å². The number of aromatic nitrogens is 2. The number of hydrogen-bond acceptors (Lipinski definition) is 5. The Morgan fingerprint density at radius 1 is 1.41 bits per heavy atom. The molecule has 3 aromatic rings. The number of benzene rings is 1. The number of morpholine rings is 1. The second-order valence-electron chi connectivity index (χ2n) is 5.71. The van der Waals surface area contributed by atoms with Gasteiger partial charge in [-0.25, -0.2) is 4.98 Å². The van der Waals surface area contributed by atoms with Crippen LogP contribution in [-0.4, -0.2) is 40.7 Å². The predicted octanol–water partition coefficient (Wildman–Crippen LogP) is 1.89. The van der Waals surface area contributed by atoms with Crippen molar-refractivity contribution in [1.29, 1.82) is 0 Å². The van der Waals surface area contributed by atoms with Crippen LogP contribution in [0.3, 0.4) is 0 Å². The molecule has 0 unspecified atom stereocenters. The molecule has 2 aromatic heterocycles. The van der Waals surface area contributed by atoms with Gasteiger partial charge in [-0.1, -0.05) is 12.1 Å². The maximum Gasteiger partial charge on any atom is 0.294 e. The Balaban J connectivity index is 1.75. The summed E-state index contributed by atoms with van der Waals surface area (Å²) in [6, 6.07) is 7.58. The quantitative estimate of drug-likeness (QED) is 0.782. The van der Waals surface area contributed by atoms with Crippen molar-refractivity contribution in [2.45, 2.75) is 19.6 Å². The Hall–Kier alpha value is -2.18. The van der Waals surface area contributed by atoms with Gasteiger partial charge in [-0.3, -0.25) is 9.69 Å². The summed E-state index contributed by atoms with van der Waals surface area (Å²) in [5, 5.41) is 0.875. The van der Waals surface area contributed by atoms with Crippen molar-refractivity contribution in [1.82, 2.24) is 14.9 Å². The average molecular weight is 299 g/mol. The summed E-state index contributed by atoms with van der Waals surface area (Å²) in [6.07, 6.45) is 0.207. The fraction of sp³-hybridized carbons (Fsp3) is 0.375. The molecule has 1 aliphatic rings. The molecular formula is C16H17N3O3. The van der Waals surface area contributed by atoms with Crippen molar-refractivity contribution in [2.75, 3.05) is 19.7 Å². The molecule has 114 valence electrons. The van der Waals surface area contributed by atoms with Gasteiger partial charge in [-0.2, -0.15) is 0 Å². The third-order valence-electron chi connectivity index (χ3n) is 3.98. The third kappa shape index (κ3) is 2.30. The molecule has 22 heavy (non-hydrogen) atoms. The summed E-state index contributed by atoms with van der Waals surface area (Å²) in [7, 11) is 0. The number of fused-ring (bicyclic) bond motifs is 3. The van der Waals surface area contributed by atoms with E-state index in [1.54, 1.807) is 0 Å². The molecule has 1 saturated heterocycles. The monoisotopic (exact) mass is 299 g/mol. The number of hydrogen-bond donors (Lipinski definition) is 1. The van der Waals surface area contributed by atoms with Gasteiger partial charge in [0.1, 0.15) is 16.9 Å². The van der Waals surface area contributed by atoms with Gasteiger partial charge in [0.2, 0.25) is 5.58 Å². The molecule has 0 spiro atoms. The molecule has 0 amide bonds. The molecule has 0 saturated carbocycles. The average Bonchev–Trinajstić information content (AvgIpc) is 2.87. The van der Waals surface area contributed by atoms with E-state index < -0.39 is 0 Å². The van der Waals surface area contributed by atoms with Crippen LogP contribution < -0.4 is 5.56 Å². The van der Waals surface area contributed by atoms with Crippen LogP contribution in [0, 0.1) is 0 Å². The van der Waals surface area contributed by atoms with Gasteiger partial charge in [-0.15, -0.1) is 0 Å². The highest BCUT2D eigenvalue weighted by molar-refractivity contribution is 6.01. The highest BCUT2D eigenvalue weighted by atomic mass is 16.5. The maximum absolute atomic E-state index is 12.2. The van der Waals surface area contributed by atoms with E-state index in [0.717, 1.165) is 18.5 Å². The van der Waals surface area contributed by atoms with Gasteiger partial charge in [0.25, 0.3) is 5.56 Å². The molecule has 3 heterocycles. The van der Waals surface area contributed by atoms with E-state index >= 15 is 0 Å². The van der Waals surface area contributed by atoms with Crippen LogP contribution in [-0.2, 0) is 11.3 Å². The molecular weight excluding hydrogens is 282 g/mol. The lowest BCUT2D eigenvalue weighted by atomic mass is 10.2. The lowest BCUT2D eigenvalue weighted by Gasteiger charge is -2.30. The van der Waals surface area contributed by atoms with E-state index in [0.29, 0.717) is 35.7 Å². The molecule has 1 aromatic carbocycles. The SMILES string of the molecule is C[C@H]1CN(Cc2nc3c(oc4ccccc43)c(=O)[nH]2)CCO1. The number of rotatable bonds is 2. The normalized spacial score (nSPS) is 20.0. The Labute approximate surface area is 126 Å². The molecule has 0 radical (unpaired) electrons. The first-order valence-electron chi connectivity index (χ1n) is 7.45. The molecule has 4 rings (SSSR count). The third-order valence-corrected chi connectivity index (χ3v) is 3.98. The van der Waals surface area contributed by atoms with Crippen LogP contribution in [0.2, 0.25) is 0 Å². The summed E-state index contributed by atoms with van der Waals surface area (Å²) in [5.74, 6) is 0.665. The number of para-hydroxylation sites is 1. The van der Waals surface area contributed by atoms with E-state index in [1.165, 1.54) is 0 Å². The number of nitrogens with zero attached hydrogens (tertiary/aromatic N) is 2. The zero-order valence-electron chi connectivity index (χ0n) is 12.3. The Bertz CT molecular complexity index is 883. The van der Waals surface area contributed by atoms with Crippen LogP contribution in [0.15, 0.2) is 33.5 Å². The van der Waals surface area contributed by atoms with Crippen molar-refractivity contribution >= 4 is 22.1 Å². The smallest absolute Gasteiger partial charge is 0.294 e. The largest absolute Gasteiger partial charge is 0.449 e. The Kier molecular flexibility index (Phi) is 3.20. The van der Waals surface area contributed by atoms with Crippen molar-refractivity contribution in [3.63, 3.8) is 0 Å². The van der Waals surface area contributed by atoms with Gasteiger partial charge < -0.3 is 14.1 Å². The van der Waals surface area contributed by atoms with Crippen molar-refractivity contribution < 1.29 is 9.15 Å². The van der Waals surface area contributed by atoms with Gasteiger partial charge in [0, 0.05) is 18.5 Å². The highest BCUT2D eigenvalue weighted by Gasteiger charge is 2.19. The van der Waals surface area contributed by atoms with Crippen molar-refractivity contribution in [3.8, 4) is 0 Å². The summed E-state index contributed by atoms with van der Waals surface area (Å²) >= 11 is 0. The lowest BCUT2D eigenvalue weighted by molar-refractivity contribution is -0.0219. The topological polar surface area (TPSA) is 71.4 Å². The summed E-state index contributed by atoms with van der Waals surface area (Å²) in [4.78, 5) is 21.9. The van der Waals surface area contributed by atoms with E-state index in [4.69, 9.17) is 9.15 Å². The second kappa shape index (κ2) is 5.23. The van der Waals surface area contributed by atoms with Crippen molar-refractivity contribution in [3.05, 3.63) is 40.4 Å². The van der Waals surface area contributed by atoms with Crippen LogP contribution >= 0.6 is 0 Å². The number of nitrogens with one attached hydrogen (secondary N) is 1. The van der Waals surface area contributed by atoms with Crippen LogP contribution in [0.25, 0.3) is 22.1 Å². The number of aromatic amines is 1. The summed E-state index contributed by atoms with van der Waals surface area (Å²) in [6.45, 7) is 5.06. The van der Waals surface area contributed by atoms with Crippen molar-refractivity contribution in [2.24, 2.45) is 0 Å². The van der Waals surface area contributed by atoms with E-state index in [-0.39, 0.29) is 11.7 Å². The lowest BCUT2D eigenvalue weighted by Crippen LogP contribution is -2.41. The number of H-pyrrole nitrogens is 1. The first kappa shape index (κ1) is 13.5. The van der Waals surface area contributed by atoms with Gasteiger partial charge in [0.05, 0.1) is 19.3 Å². The molecule has 1 aliphatic heterocycles. The first-order chi connectivity index (χ1) is 10.7. The fourth-order valence-electron chi connectivity index (χ4n) is 2.97. The number of ether oxygens (including phenoxy) is 1. The molecule has 1 fully saturated rings. The minimum Gasteiger partial charge on any atom is -0.449 e. The molecule has 0 bridgehead atoms. The Morgan fingerprint density at radius 2 is 2.27 bits per heavy atom. The maximum atomic E-state index is 12.2. The van der Waals surface area contributed by atoms with E-state index in [2.05, 4.69) is 21.8 Å². The van der Waals surface area contributed by atoms with Crippen LogP contribution in [0.5, 0.6) is 0 Å². The molecule has 6 nitrogen and oxygen atoms in total. The molecule has 1 atom stereocenters. The molecule has 1 N–H and O–H groups in total. The minimum atomic E-state index is -0.225. The van der Waals surface area contributed by atoms with Crippen LogP contribution in [0.1, 0.15) is 12.7 Å². The Morgan fingerprint density at radius 3 is 3.14 bits per heavy atom. The van der Waals surface area contributed by atoms with Gasteiger partial charge in [-0.05, 0) is 19.1 Å². The summed E-state index contributed by atoms with van der Waals surface area (Å²) in [5.41, 5.74) is 1.39. The van der Waals surface area contributed by atoms with E-state index in [1.807, 2.05) is 24.3 Å².